The second kappa shape index (κ2) is 22.0. The van der Waals surface area contributed by atoms with E-state index in [4.69, 9.17) is 5.11 Å². The zero-order chi connectivity index (χ0) is 24.0. The lowest BCUT2D eigenvalue weighted by Gasteiger charge is -2.21. The van der Waals surface area contributed by atoms with E-state index in [0.29, 0.717) is 11.8 Å². The lowest BCUT2D eigenvalue weighted by Crippen LogP contribution is -2.15. The molecular formula is C30H58O2. The second-order valence-electron chi connectivity index (χ2n) is 11.0. The van der Waals surface area contributed by atoms with Gasteiger partial charge in [-0.2, -0.15) is 0 Å². The van der Waals surface area contributed by atoms with Gasteiger partial charge in [0.25, 0.3) is 0 Å². The van der Waals surface area contributed by atoms with E-state index in [1.165, 1.54) is 103 Å². The minimum atomic E-state index is -0.655. The molecule has 0 amide bonds. The molecule has 0 rings (SSSR count). The highest BCUT2D eigenvalue weighted by Crippen LogP contribution is 2.26. The van der Waals surface area contributed by atoms with Gasteiger partial charge in [0.1, 0.15) is 0 Å². The van der Waals surface area contributed by atoms with Crippen molar-refractivity contribution in [3.8, 4) is 0 Å². The molecule has 0 aromatic rings. The van der Waals surface area contributed by atoms with Crippen molar-refractivity contribution in [3.05, 3.63) is 12.2 Å². The summed E-state index contributed by atoms with van der Waals surface area (Å²) in [5.74, 6) is 1.14. The molecule has 0 heterocycles. The van der Waals surface area contributed by atoms with Crippen LogP contribution < -0.4 is 0 Å². The number of carboxylic acids is 1. The predicted molar refractivity (Wildman–Crippen MR) is 142 cm³/mol. The van der Waals surface area contributed by atoms with Crippen molar-refractivity contribution < 1.29 is 9.90 Å². The number of unbranched alkanes of at least 4 members (excludes halogenated alkanes) is 12. The SMILES string of the molecule is CCCCCCCCC=CCCCCCCCCC(C)CC(C)CC(C)CC(C)C(=O)O. The fraction of sp³-hybridized carbons (Fsp3) is 0.900. The molecule has 0 aliphatic rings. The lowest BCUT2D eigenvalue weighted by molar-refractivity contribution is -0.141. The topological polar surface area (TPSA) is 37.3 Å². The molecule has 2 nitrogen and oxygen atoms in total. The van der Waals surface area contributed by atoms with E-state index >= 15 is 0 Å². The maximum absolute atomic E-state index is 11.0. The van der Waals surface area contributed by atoms with E-state index in [9.17, 15) is 4.79 Å². The highest BCUT2D eigenvalue weighted by molar-refractivity contribution is 5.69. The molecule has 0 radical (unpaired) electrons. The van der Waals surface area contributed by atoms with E-state index in [-0.39, 0.29) is 5.92 Å². The van der Waals surface area contributed by atoms with Crippen LogP contribution in [-0.2, 0) is 4.79 Å². The second-order valence-corrected chi connectivity index (χ2v) is 11.0. The van der Waals surface area contributed by atoms with Crippen molar-refractivity contribution in [2.24, 2.45) is 23.7 Å². The van der Waals surface area contributed by atoms with E-state index in [0.717, 1.165) is 18.8 Å². The summed E-state index contributed by atoms with van der Waals surface area (Å²) in [6.45, 7) is 11.1. The van der Waals surface area contributed by atoms with Gasteiger partial charge in [0.05, 0.1) is 5.92 Å². The van der Waals surface area contributed by atoms with Crippen molar-refractivity contribution in [1.82, 2.24) is 0 Å². The Morgan fingerprint density at radius 3 is 1.59 bits per heavy atom. The number of allylic oxidation sites excluding steroid dienone is 2. The van der Waals surface area contributed by atoms with Gasteiger partial charge in [-0.25, -0.2) is 0 Å². The normalized spacial score (nSPS) is 15.7. The smallest absolute Gasteiger partial charge is 0.306 e. The molecular weight excluding hydrogens is 392 g/mol. The van der Waals surface area contributed by atoms with Crippen LogP contribution in [0, 0.1) is 23.7 Å². The molecule has 190 valence electrons. The number of hydrogen-bond acceptors (Lipinski definition) is 1. The summed E-state index contributed by atoms with van der Waals surface area (Å²) in [7, 11) is 0. The number of hydrogen-bond donors (Lipinski definition) is 1. The number of carboxylic acid groups (broad SMARTS) is 1. The Labute approximate surface area is 202 Å². The Morgan fingerprint density at radius 1 is 0.625 bits per heavy atom. The molecule has 2 heteroatoms. The maximum Gasteiger partial charge on any atom is 0.306 e. The zero-order valence-corrected chi connectivity index (χ0v) is 22.5. The van der Waals surface area contributed by atoms with Gasteiger partial charge in [-0.05, 0) is 62.7 Å². The van der Waals surface area contributed by atoms with Crippen LogP contribution >= 0.6 is 0 Å². The van der Waals surface area contributed by atoms with E-state index in [2.05, 4.69) is 39.8 Å². The molecule has 0 aliphatic carbocycles. The van der Waals surface area contributed by atoms with Gasteiger partial charge in [-0.1, -0.05) is 117 Å². The minimum absolute atomic E-state index is 0.212. The van der Waals surface area contributed by atoms with Crippen LogP contribution in [-0.4, -0.2) is 11.1 Å². The van der Waals surface area contributed by atoms with Gasteiger partial charge in [0.15, 0.2) is 0 Å². The average Bonchev–Trinajstić information content (AvgIpc) is 2.73. The molecule has 0 aromatic carbocycles. The van der Waals surface area contributed by atoms with Gasteiger partial charge < -0.3 is 5.11 Å². The van der Waals surface area contributed by atoms with E-state index in [1.54, 1.807) is 0 Å². The van der Waals surface area contributed by atoms with Gasteiger partial charge in [-0.15, -0.1) is 0 Å². The minimum Gasteiger partial charge on any atom is -0.481 e. The molecule has 0 spiro atoms. The number of rotatable bonds is 23. The molecule has 1 N–H and O–H groups in total. The molecule has 0 fully saturated rings. The standard InChI is InChI=1S/C30H58O2/c1-6-7-8-9-10-11-12-13-14-15-16-17-18-19-20-21-22-26(2)23-27(3)24-28(4)25-29(5)30(31)32/h13-14,26-29H,6-12,15-25H2,1-5H3,(H,31,32). The third kappa shape index (κ3) is 21.1. The first-order valence-electron chi connectivity index (χ1n) is 14.2. The Balaban J connectivity index is 3.49. The third-order valence-electron chi connectivity index (χ3n) is 7.00. The number of aliphatic carboxylic acids is 1. The van der Waals surface area contributed by atoms with Crippen LogP contribution in [0.15, 0.2) is 12.2 Å². The largest absolute Gasteiger partial charge is 0.481 e. The van der Waals surface area contributed by atoms with Crippen LogP contribution in [0.2, 0.25) is 0 Å². The summed E-state index contributed by atoms with van der Waals surface area (Å²) >= 11 is 0. The Kier molecular flexibility index (Phi) is 21.5. The van der Waals surface area contributed by atoms with Gasteiger partial charge in [0.2, 0.25) is 0 Å². The molecule has 0 saturated carbocycles. The summed E-state index contributed by atoms with van der Waals surface area (Å²) in [6.07, 6.45) is 28.7. The van der Waals surface area contributed by atoms with Gasteiger partial charge in [-0.3, -0.25) is 4.79 Å². The summed E-state index contributed by atoms with van der Waals surface area (Å²) in [6, 6.07) is 0. The summed E-state index contributed by atoms with van der Waals surface area (Å²) in [5.41, 5.74) is 0. The van der Waals surface area contributed by atoms with Crippen molar-refractivity contribution in [2.75, 3.05) is 0 Å². The lowest BCUT2D eigenvalue weighted by atomic mass is 9.84. The van der Waals surface area contributed by atoms with Crippen molar-refractivity contribution in [3.63, 3.8) is 0 Å². The fourth-order valence-electron chi connectivity index (χ4n) is 5.13. The molecule has 0 bridgehead atoms. The highest BCUT2D eigenvalue weighted by Gasteiger charge is 2.18. The molecule has 32 heavy (non-hydrogen) atoms. The first-order chi connectivity index (χ1) is 15.4. The molecule has 0 saturated heterocycles. The van der Waals surface area contributed by atoms with Crippen molar-refractivity contribution >= 4 is 5.97 Å². The quantitative estimate of drug-likeness (QED) is 0.124. The fourth-order valence-corrected chi connectivity index (χ4v) is 5.13. The average molecular weight is 451 g/mol. The third-order valence-corrected chi connectivity index (χ3v) is 7.00. The van der Waals surface area contributed by atoms with Crippen LogP contribution in [0.3, 0.4) is 0 Å². The first-order valence-corrected chi connectivity index (χ1v) is 14.2. The van der Waals surface area contributed by atoms with E-state index < -0.39 is 5.97 Å². The predicted octanol–water partition coefficient (Wildman–Crippen LogP) is 10.2. The summed E-state index contributed by atoms with van der Waals surface area (Å²) in [5, 5.41) is 9.08. The van der Waals surface area contributed by atoms with Crippen LogP contribution in [0.5, 0.6) is 0 Å². The van der Waals surface area contributed by atoms with Gasteiger partial charge in [0, 0.05) is 0 Å². The summed E-state index contributed by atoms with van der Waals surface area (Å²) in [4.78, 5) is 11.0. The Hall–Kier alpha value is -0.790. The van der Waals surface area contributed by atoms with Gasteiger partial charge >= 0.3 is 5.97 Å². The monoisotopic (exact) mass is 450 g/mol. The van der Waals surface area contributed by atoms with Crippen molar-refractivity contribution in [2.45, 2.75) is 150 Å². The first kappa shape index (κ1) is 31.2. The maximum atomic E-state index is 11.0. The Bertz CT molecular complexity index is 442. The highest BCUT2D eigenvalue weighted by atomic mass is 16.4. The van der Waals surface area contributed by atoms with Crippen LogP contribution in [0.4, 0.5) is 0 Å². The Morgan fingerprint density at radius 2 is 1.06 bits per heavy atom. The molecule has 4 atom stereocenters. The number of carbonyl (C=O) groups is 1. The molecule has 4 unspecified atom stereocenters. The molecule has 0 aliphatic heterocycles. The van der Waals surface area contributed by atoms with Crippen LogP contribution in [0.1, 0.15) is 150 Å². The van der Waals surface area contributed by atoms with Crippen LogP contribution in [0.25, 0.3) is 0 Å². The zero-order valence-electron chi connectivity index (χ0n) is 22.5. The summed E-state index contributed by atoms with van der Waals surface area (Å²) < 4.78 is 0. The molecule has 0 aromatic heterocycles. The van der Waals surface area contributed by atoms with E-state index in [1.807, 2.05) is 6.92 Å². The van der Waals surface area contributed by atoms with Crippen molar-refractivity contribution in [1.29, 1.82) is 0 Å².